The van der Waals surface area contributed by atoms with Crippen LogP contribution in [0, 0.1) is 0 Å². The normalized spacial score (nSPS) is 16.8. The Kier molecular flexibility index (Phi) is 5.04. The Bertz CT molecular complexity index is 252. The number of likely N-dealkylation sites (N-methyl/N-ethyl adjacent to an activating group) is 1. The van der Waals surface area contributed by atoms with Gasteiger partial charge < -0.3 is 20.6 Å². The Hall–Kier alpha value is -1.30. The number of carbonyl (C=O) groups is 2. The number of aliphatic carboxylic acids is 1. The van der Waals surface area contributed by atoms with Crippen molar-refractivity contribution in [3.8, 4) is 0 Å². The van der Waals surface area contributed by atoms with Crippen LogP contribution in [0.2, 0.25) is 0 Å². The minimum atomic E-state index is -0.984. The zero-order valence-electron chi connectivity index (χ0n) is 9.53. The van der Waals surface area contributed by atoms with Gasteiger partial charge in [-0.1, -0.05) is 0 Å². The second-order valence-electron chi connectivity index (χ2n) is 3.88. The highest BCUT2D eigenvalue weighted by Crippen LogP contribution is 2.03. The number of amides is 2. The highest BCUT2D eigenvalue weighted by molar-refractivity contribution is 5.80. The van der Waals surface area contributed by atoms with Gasteiger partial charge in [-0.2, -0.15) is 0 Å². The van der Waals surface area contributed by atoms with E-state index in [4.69, 9.17) is 5.11 Å². The molecule has 16 heavy (non-hydrogen) atoms. The molecule has 0 aromatic rings. The number of hydrogen-bond acceptors (Lipinski definition) is 3. The van der Waals surface area contributed by atoms with Crippen molar-refractivity contribution in [3.63, 3.8) is 0 Å². The van der Waals surface area contributed by atoms with Gasteiger partial charge in [0, 0.05) is 12.6 Å². The molecule has 92 valence electrons. The van der Waals surface area contributed by atoms with E-state index in [0.717, 1.165) is 25.9 Å². The number of hydrogen-bond donors (Lipinski definition) is 3. The Morgan fingerprint density at radius 2 is 2.06 bits per heavy atom. The van der Waals surface area contributed by atoms with Crippen molar-refractivity contribution in [2.45, 2.75) is 25.8 Å². The topological polar surface area (TPSA) is 81.7 Å². The van der Waals surface area contributed by atoms with Gasteiger partial charge in [0.15, 0.2) is 0 Å². The molecule has 0 bridgehead atoms. The summed E-state index contributed by atoms with van der Waals surface area (Å²) in [6.07, 6.45) is 1.80. The number of carboxylic acid groups (broad SMARTS) is 1. The molecule has 0 radical (unpaired) electrons. The third-order valence-corrected chi connectivity index (χ3v) is 2.66. The lowest BCUT2D eigenvalue weighted by atomic mass is 10.1. The largest absolute Gasteiger partial charge is 0.480 e. The van der Waals surface area contributed by atoms with Gasteiger partial charge in [-0.05, 0) is 32.9 Å². The van der Waals surface area contributed by atoms with Crippen molar-refractivity contribution in [1.29, 1.82) is 0 Å². The van der Waals surface area contributed by atoms with Crippen LogP contribution in [0.4, 0.5) is 4.79 Å². The van der Waals surface area contributed by atoms with E-state index in [1.165, 1.54) is 4.90 Å². The van der Waals surface area contributed by atoms with Crippen LogP contribution in [0.25, 0.3) is 0 Å². The first kappa shape index (κ1) is 12.8. The lowest BCUT2D eigenvalue weighted by Crippen LogP contribution is -2.49. The molecule has 1 saturated heterocycles. The number of rotatable bonds is 4. The van der Waals surface area contributed by atoms with Gasteiger partial charge in [0.25, 0.3) is 0 Å². The number of carbonyl (C=O) groups excluding carboxylic acids is 1. The van der Waals surface area contributed by atoms with E-state index in [9.17, 15) is 9.59 Å². The number of nitrogens with zero attached hydrogens (tertiary/aromatic N) is 1. The van der Waals surface area contributed by atoms with E-state index in [1.807, 2.05) is 0 Å². The minimum absolute atomic E-state index is 0.164. The summed E-state index contributed by atoms with van der Waals surface area (Å²) >= 11 is 0. The van der Waals surface area contributed by atoms with Crippen LogP contribution in [0.1, 0.15) is 19.8 Å². The first-order valence-electron chi connectivity index (χ1n) is 5.61. The zero-order chi connectivity index (χ0) is 12.0. The monoisotopic (exact) mass is 229 g/mol. The number of piperidine rings is 1. The van der Waals surface area contributed by atoms with Gasteiger partial charge in [0.2, 0.25) is 0 Å². The summed E-state index contributed by atoms with van der Waals surface area (Å²) in [5.74, 6) is -0.984. The summed E-state index contributed by atoms with van der Waals surface area (Å²) in [6.45, 7) is 3.73. The molecular formula is C10H19N3O3. The van der Waals surface area contributed by atoms with E-state index >= 15 is 0 Å². The molecule has 6 heteroatoms. The van der Waals surface area contributed by atoms with Crippen molar-refractivity contribution in [3.05, 3.63) is 0 Å². The summed E-state index contributed by atoms with van der Waals surface area (Å²) in [5, 5.41) is 14.7. The number of carboxylic acids is 1. The zero-order valence-corrected chi connectivity index (χ0v) is 9.53. The smallest absolute Gasteiger partial charge is 0.323 e. The number of nitrogens with one attached hydrogen (secondary N) is 2. The molecule has 2 amide bonds. The van der Waals surface area contributed by atoms with Gasteiger partial charge in [0.1, 0.15) is 6.54 Å². The number of urea groups is 1. The Balaban J connectivity index is 2.38. The highest BCUT2D eigenvalue weighted by Gasteiger charge is 2.19. The van der Waals surface area contributed by atoms with Crippen LogP contribution >= 0.6 is 0 Å². The molecule has 1 aliphatic rings. The molecular weight excluding hydrogens is 210 g/mol. The molecule has 0 atom stereocenters. The molecule has 0 unspecified atom stereocenters. The second-order valence-corrected chi connectivity index (χ2v) is 3.88. The maximum absolute atomic E-state index is 11.7. The lowest BCUT2D eigenvalue weighted by Gasteiger charge is -2.27. The molecule has 0 aromatic heterocycles. The molecule has 1 heterocycles. The van der Waals surface area contributed by atoms with Crippen LogP contribution < -0.4 is 10.6 Å². The van der Waals surface area contributed by atoms with Gasteiger partial charge in [-0.3, -0.25) is 4.79 Å². The van der Waals surface area contributed by atoms with Crippen LogP contribution in [0.5, 0.6) is 0 Å². The van der Waals surface area contributed by atoms with Gasteiger partial charge in [-0.25, -0.2) is 4.79 Å². The van der Waals surface area contributed by atoms with Crippen molar-refractivity contribution in [1.82, 2.24) is 15.5 Å². The molecule has 1 aliphatic heterocycles. The molecule has 1 rings (SSSR count). The van der Waals surface area contributed by atoms with Gasteiger partial charge in [0.05, 0.1) is 0 Å². The first-order chi connectivity index (χ1) is 7.63. The van der Waals surface area contributed by atoms with Crippen molar-refractivity contribution in [2.75, 3.05) is 26.2 Å². The lowest BCUT2D eigenvalue weighted by molar-refractivity contribution is -0.137. The summed E-state index contributed by atoms with van der Waals surface area (Å²) in [7, 11) is 0. The van der Waals surface area contributed by atoms with Crippen molar-refractivity contribution >= 4 is 12.0 Å². The SMILES string of the molecule is CCN(CC(=O)O)C(=O)NC1CCNCC1. The fraction of sp³-hybridized carbons (Fsp3) is 0.800. The van der Waals surface area contributed by atoms with Crippen LogP contribution in [0.15, 0.2) is 0 Å². The quantitative estimate of drug-likeness (QED) is 0.626. The minimum Gasteiger partial charge on any atom is -0.480 e. The molecule has 0 spiro atoms. The van der Waals surface area contributed by atoms with E-state index in [0.29, 0.717) is 6.54 Å². The highest BCUT2D eigenvalue weighted by atomic mass is 16.4. The fourth-order valence-corrected chi connectivity index (χ4v) is 1.72. The summed E-state index contributed by atoms with van der Waals surface area (Å²) < 4.78 is 0. The molecule has 0 saturated carbocycles. The third kappa shape index (κ3) is 4.06. The Morgan fingerprint density at radius 1 is 1.44 bits per heavy atom. The van der Waals surface area contributed by atoms with Gasteiger partial charge in [-0.15, -0.1) is 0 Å². The molecule has 0 aliphatic carbocycles. The van der Waals surface area contributed by atoms with Crippen LogP contribution in [0.3, 0.4) is 0 Å². The van der Waals surface area contributed by atoms with Crippen LogP contribution in [-0.4, -0.2) is 54.2 Å². The third-order valence-electron chi connectivity index (χ3n) is 2.66. The summed E-state index contributed by atoms with van der Waals surface area (Å²) in [5.41, 5.74) is 0. The van der Waals surface area contributed by atoms with E-state index in [1.54, 1.807) is 6.92 Å². The Morgan fingerprint density at radius 3 is 2.56 bits per heavy atom. The molecule has 6 nitrogen and oxygen atoms in total. The maximum Gasteiger partial charge on any atom is 0.323 e. The van der Waals surface area contributed by atoms with E-state index in [-0.39, 0.29) is 18.6 Å². The van der Waals surface area contributed by atoms with Crippen molar-refractivity contribution in [2.24, 2.45) is 0 Å². The second kappa shape index (κ2) is 6.32. The standard InChI is InChI=1S/C10H19N3O3/c1-2-13(7-9(14)15)10(16)12-8-3-5-11-6-4-8/h8,11H,2-7H2,1H3,(H,12,16)(H,14,15). The molecule has 1 fully saturated rings. The average molecular weight is 229 g/mol. The molecule has 3 N–H and O–H groups in total. The Labute approximate surface area is 95.0 Å². The van der Waals surface area contributed by atoms with E-state index < -0.39 is 5.97 Å². The first-order valence-corrected chi connectivity index (χ1v) is 5.61. The molecule has 0 aromatic carbocycles. The summed E-state index contributed by atoms with van der Waals surface area (Å²) in [6, 6.07) is -0.117. The fourth-order valence-electron chi connectivity index (χ4n) is 1.72. The predicted octanol–water partition coefficient (Wildman–Crippen LogP) is -0.145. The van der Waals surface area contributed by atoms with Crippen LogP contribution in [-0.2, 0) is 4.79 Å². The van der Waals surface area contributed by atoms with Crippen molar-refractivity contribution < 1.29 is 14.7 Å². The predicted molar refractivity (Wildman–Crippen MR) is 59.3 cm³/mol. The maximum atomic E-state index is 11.7. The average Bonchev–Trinajstić information content (AvgIpc) is 2.26. The summed E-state index contributed by atoms with van der Waals surface area (Å²) in [4.78, 5) is 23.5. The van der Waals surface area contributed by atoms with E-state index in [2.05, 4.69) is 10.6 Å². The van der Waals surface area contributed by atoms with Gasteiger partial charge >= 0.3 is 12.0 Å².